The van der Waals surface area contributed by atoms with E-state index in [1.54, 1.807) is 13.2 Å². The number of hydrogen-bond acceptors (Lipinski definition) is 4. The molecule has 5 heteroatoms. The van der Waals surface area contributed by atoms with Gasteiger partial charge < -0.3 is 14.8 Å². The fourth-order valence-electron chi connectivity index (χ4n) is 3.55. The molecule has 5 nitrogen and oxygen atoms in total. The molecule has 1 saturated heterocycles. The third-order valence-corrected chi connectivity index (χ3v) is 4.68. The zero-order valence-electron chi connectivity index (χ0n) is 12.8. The number of methoxy groups -OCH3 is 1. The van der Waals surface area contributed by atoms with Crippen molar-refractivity contribution >= 4 is 17.6 Å². The van der Waals surface area contributed by atoms with Crippen molar-refractivity contribution in [2.24, 2.45) is 5.92 Å². The molecule has 0 radical (unpaired) electrons. The molecule has 1 heterocycles. The van der Waals surface area contributed by atoms with Crippen LogP contribution in [0.1, 0.15) is 38.5 Å². The highest BCUT2D eigenvalue weighted by Gasteiger charge is 2.52. The monoisotopic (exact) mass is 303 g/mol. The van der Waals surface area contributed by atoms with Crippen LogP contribution in [0, 0.1) is 5.92 Å². The fraction of sp³-hybridized carbons (Fsp3) is 0.529. The van der Waals surface area contributed by atoms with Gasteiger partial charge in [0, 0.05) is 11.8 Å². The minimum absolute atomic E-state index is 0.138. The van der Waals surface area contributed by atoms with Gasteiger partial charge in [0.05, 0.1) is 19.4 Å². The van der Waals surface area contributed by atoms with E-state index in [9.17, 15) is 9.59 Å². The summed E-state index contributed by atoms with van der Waals surface area (Å²) in [6.07, 6.45) is 4.91. The molecular formula is C17H21NO4. The third-order valence-electron chi connectivity index (χ3n) is 4.68. The Morgan fingerprint density at radius 3 is 2.82 bits per heavy atom. The van der Waals surface area contributed by atoms with Crippen molar-refractivity contribution in [1.29, 1.82) is 0 Å². The standard InChI is InChI=1S/C17H21NO4/c1-21-13-7-5-6-12(10-13)18-16(20)14-11-15(19)22-17(14)8-3-2-4-9-17/h5-7,10,14H,2-4,8-9,11H2,1H3,(H,18,20)/t14-/m0/s1. The number of rotatable bonds is 3. The van der Waals surface area contributed by atoms with Gasteiger partial charge in [-0.1, -0.05) is 12.5 Å². The van der Waals surface area contributed by atoms with E-state index in [0.29, 0.717) is 11.4 Å². The smallest absolute Gasteiger partial charge is 0.307 e. The number of esters is 1. The minimum Gasteiger partial charge on any atom is -0.497 e. The Morgan fingerprint density at radius 2 is 2.09 bits per heavy atom. The lowest BCUT2D eigenvalue weighted by Crippen LogP contribution is -2.43. The van der Waals surface area contributed by atoms with Crippen LogP contribution >= 0.6 is 0 Å². The van der Waals surface area contributed by atoms with Gasteiger partial charge in [0.25, 0.3) is 0 Å². The first kappa shape index (κ1) is 14.9. The minimum atomic E-state index is -0.585. The topological polar surface area (TPSA) is 64.6 Å². The largest absolute Gasteiger partial charge is 0.497 e. The molecule has 2 fully saturated rings. The molecule has 2 aliphatic rings. The number of anilines is 1. The molecule has 1 aromatic carbocycles. The molecule has 1 N–H and O–H groups in total. The average molecular weight is 303 g/mol. The third kappa shape index (κ3) is 2.80. The number of amides is 1. The Labute approximate surface area is 130 Å². The number of benzene rings is 1. The second-order valence-electron chi connectivity index (χ2n) is 6.08. The van der Waals surface area contributed by atoms with E-state index >= 15 is 0 Å². The van der Waals surface area contributed by atoms with E-state index in [1.165, 1.54) is 0 Å². The van der Waals surface area contributed by atoms with Gasteiger partial charge in [-0.2, -0.15) is 0 Å². The van der Waals surface area contributed by atoms with Crippen LogP contribution in [0.2, 0.25) is 0 Å². The molecule has 118 valence electrons. The van der Waals surface area contributed by atoms with E-state index in [2.05, 4.69) is 5.32 Å². The van der Waals surface area contributed by atoms with Crippen LogP contribution in [0.3, 0.4) is 0 Å². The van der Waals surface area contributed by atoms with Gasteiger partial charge in [0.15, 0.2) is 0 Å². The zero-order chi connectivity index (χ0) is 15.6. The molecule has 0 bridgehead atoms. The second-order valence-corrected chi connectivity index (χ2v) is 6.08. The van der Waals surface area contributed by atoms with Crippen molar-refractivity contribution in [2.75, 3.05) is 12.4 Å². The Bertz CT molecular complexity index is 578. The van der Waals surface area contributed by atoms with Crippen molar-refractivity contribution < 1.29 is 19.1 Å². The summed E-state index contributed by atoms with van der Waals surface area (Å²) < 4.78 is 10.7. The maximum absolute atomic E-state index is 12.6. The summed E-state index contributed by atoms with van der Waals surface area (Å²) in [5.74, 6) is -0.107. The normalized spacial score (nSPS) is 23.1. The van der Waals surface area contributed by atoms with Crippen molar-refractivity contribution in [3.05, 3.63) is 24.3 Å². The van der Waals surface area contributed by atoms with Gasteiger partial charge in [0.1, 0.15) is 11.4 Å². The highest BCUT2D eigenvalue weighted by atomic mass is 16.6. The van der Waals surface area contributed by atoms with Crippen LogP contribution in [0.15, 0.2) is 24.3 Å². The van der Waals surface area contributed by atoms with E-state index < -0.39 is 11.5 Å². The predicted molar refractivity (Wildman–Crippen MR) is 81.6 cm³/mol. The van der Waals surface area contributed by atoms with Crippen LogP contribution in [0.4, 0.5) is 5.69 Å². The first-order valence-corrected chi connectivity index (χ1v) is 7.80. The van der Waals surface area contributed by atoms with Crippen LogP contribution in [-0.4, -0.2) is 24.6 Å². The SMILES string of the molecule is COc1cccc(NC(=O)[C@@H]2CC(=O)OC23CCCCC3)c1. The Balaban J connectivity index is 1.76. The molecule has 1 aromatic rings. The summed E-state index contributed by atoms with van der Waals surface area (Å²) in [5, 5.41) is 2.90. The van der Waals surface area contributed by atoms with Gasteiger partial charge in [0.2, 0.25) is 5.91 Å². The maximum Gasteiger partial charge on any atom is 0.307 e. The van der Waals surface area contributed by atoms with E-state index in [0.717, 1.165) is 32.1 Å². The van der Waals surface area contributed by atoms with Crippen LogP contribution < -0.4 is 10.1 Å². The van der Waals surface area contributed by atoms with Gasteiger partial charge in [-0.25, -0.2) is 0 Å². The number of ether oxygens (including phenoxy) is 2. The molecule has 3 rings (SSSR count). The number of carbonyl (C=O) groups excluding carboxylic acids is 2. The summed E-state index contributed by atoms with van der Waals surface area (Å²) in [4.78, 5) is 24.4. The Morgan fingerprint density at radius 1 is 1.32 bits per heavy atom. The molecule has 1 saturated carbocycles. The highest BCUT2D eigenvalue weighted by Crippen LogP contribution is 2.44. The van der Waals surface area contributed by atoms with Crippen molar-refractivity contribution in [1.82, 2.24) is 0 Å². The van der Waals surface area contributed by atoms with Crippen molar-refractivity contribution in [2.45, 2.75) is 44.1 Å². The van der Waals surface area contributed by atoms with Gasteiger partial charge in [-0.05, 0) is 37.8 Å². The Kier molecular flexibility index (Phi) is 4.05. The van der Waals surface area contributed by atoms with Crippen molar-refractivity contribution in [3.63, 3.8) is 0 Å². The summed E-state index contributed by atoms with van der Waals surface area (Å²) in [6, 6.07) is 7.22. The molecule has 1 atom stereocenters. The van der Waals surface area contributed by atoms with E-state index in [4.69, 9.17) is 9.47 Å². The van der Waals surface area contributed by atoms with Gasteiger partial charge in [-0.15, -0.1) is 0 Å². The summed E-state index contributed by atoms with van der Waals surface area (Å²) in [7, 11) is 1.58. The summed E-state index contributed by atoms with van der Waals surface area (Å²) in [6.45, 7) is 0. The molecule has 1 aliphatic carbocycles. The molecule has 1 spiro atoms. The van der Waals surface area contributed by atoms with E-state index in [1.807, 2.05) is 18.2 Å². The average Bonchev–Trinajstić information content (AvgIpc) is 2.84. The number of carbonyl (C=O) groups is 2. The number of hydrogen-bond donors (Lipinski definition) is 1. The number of nitrogens with one attached hydrogen (secondary N) is 1. The second kappa shape index (κ2) is 5.99. The summed E-state index contributed by atoms with van der Waals surface area (Å²) in [5.41, 5.74) is 0.0906. The van der Waals surface area contributed by atoms with Crippen LogP contribution in [-0.2, 0) is 14.3 Å². The quantitative estimate of drug-likeness (QED) is 0.872. The van der Waals surface area contributed by atoms with Gasteiger partial charge >= 0.3 is 5.97 Å². The van der Waals surface area contributed by atoms with Gasteiger partial charge in [-0.3, -0.25) is 9.59 Å². The molecule has 22 heavy (non-hydrogen) atoms. The lowest BCUT2D eigenvalue weighted by molar-refractivity contribution is -0.153. The maximum atomic E-state index is 12.6. The lowest BCUT2D eigenvalue weighted by Gasteiger charge is -2.36. The van der Waals surface area contributed by atoms with E-state index in [-0.39, 0.29) is 18.3 Å². The predicted octanol–water partition coefficient (Wildman–Crippen LogP) is 2.90. The zero-order valence-corrected chi connectivity index (χ0v) is 12.8. The first-order chi connectivity index (χ1) is 10.6. The summed E-state index contributed by atoms with van der Waals surface area (Å²) >= 11 is 0. The lowest BCUT2D eigenvalue weighted by atomic mass is 9.75. The molecular weight excluding hydrogens is 282 g/mol. The first-order valence-electron chi connectivity index (χ1n) is 7.80. The fourth-order valence-corrected chi connectivity index (χ4v) is 3.55. The molecule has 0 aromatic heterocycles. The van der Waals surface area contributed by atoms with Crippen LogP contribution in [0.25, 0.3) is 0 Å². The Hall–Kier alpha value is -2.04. The van der Waals surface area contributed by atoms with Crippen molar-refractivity contribution in [3.8, 4) is 5.75 Å². The molecule has 1 aliphatic heterocycles. The molecule has 0 unspecified atom stereocenters. The van der Waals surface area contributed by atoms with Crippen LogP contribution in [0.5, 0.6) is 5.75 Å². The highest BCUT2D eigenvalue weighted by molar-refractivity contribution is 5.97. The molecule has 1 amide bonds.